The first kappa shape index (κ1) is 11.4. The molecular formula is C7H13NPS2+. The molecule has 2 atom stereocenters. The summed E-state index contributed by atoms with van der Waals surface area (Å²) >= 11 is 9.26. The molecule has 0 aliphatic heterocycles. The second kappa shape index (κ2) is 5.97. The van der Waals surface area contributed by atoms with Crippen LogP contribution in [-0.4, -0.2) is 30.7 Å². The lowest BCUT2D eigenvalue weighted by molar-refractivity contribution is 0.503. The maximum absolute atomic E-state index is 5.28. The van der Waals surface area contributed by atoms with Crippen LogP contribution in [0.4, 0.5) is 0 Å². The summed E-state index contributed by atoms with van der Waals surface area (Å²) in [4.78, 5) is 0. The summed E-state index contributed by atoms with van der Waals surface area (Å²) in [5, 5.41) is 0. The summed E-state index contributed by atoms with van der Waals surface area (Å²) in [5.74, 6) is 3.65. The molecule has 0 spiro atoms. The Morgan fingerprint density at radius 1 is 1.82 bits per heavy atom. The lowest BCUT2D eigenvalue weighted by Crippen LogP contribution is -2.19. The van der Waals surface area contributed by atoms with Gasteiger partial charge in [0.1, 0.15) is 6.66 Å². The highest BCUT2D eigenvalue weighted by molar-refractivity contribution is 8.03. The van der Waals surface area contributed by atoms with Gasteiger partial charge in [0.25, 0.3) is 6.85 Å². The van der Waals surface area contributed by atoms with E-state index in [1.54, 1.807) is 0 Å². The van der Waals surface area contributed by atoms with E-state index in [0.29, 0.717) is 0 Å². The molecule has 0 aliphatic carbocycles. The number of terminal acetylenes is 1. The fourth-order valence-corrected chi connectivity index (χ4v) is 1.45. The predicted molar refractivity (Wildman–Crippen MR) is 59.0 cm³/mol. The van der Waals surface area contributed by atoms with Gasteiger partial charge in [0.15, 0.2) is 11.8 Å². The molecule has 0 amide bonds. The average molecular weight is 206 g/mol. The zero-order valence-corrected chi connectivity index (χ0v) is 9.42. The van der Waals surface area contributed by atoms with Crippen LogP contribution in [0.2, 0.25) is 0 Å². The first-order valence-corrected chi connectivity index (χ1v) is 6.69. The van der Waals surface area contributed by atoms with Gasteiger partial charge in [-0.2, -0.15) is 12.6 Å². The van der Waals surface area contributed by atoms with Gasteiger partial charge in [0.05, 0.1) is 6.54 Å². The van der Waals surface area contributed by atoms with Crippen molar-refractivity contribution in [3.05, 3.63) is 0 Å². The van der Waals surface area contributed by atoms with Crippen LogP contribution in [-0.2, 0) is 11.8 Å². The zero-order chi connectivity index (χ0) is 8.85. The highest BCUT2D eigenvalue weighted by Gasteiger charge is 2.15. The van der Waals surface area contributed by atoms with Gasteiger partial charge in [-0.05, 0) is 0 Å². The van der Waals surface area contributed by atoms with Gasteiger partial charge in [-0.3, -0.25) is 0 Å². The second-order valence-electron chi connectivity index (χ2n) is 2.35. The third-order valence-corrected chi connectivity index (χ3v) is 3.82. The average Bonchev–Trinajstić information content (AvgIpc) is 1.99. The molecule has 0 N–H and O–H groups in total. The lowest BCUT2D eigenvalue weighted by Gasteiger charge is -2.09. The van der Waals surface area contributed by atoms with Crippen molar-refractivity contribution in [1.29, 1.82) is 0 Å². The third kappa shape index (κ3) is 4.76. The highest BCUT2D eigenvalue weighted by atomic mass is 32.4. The van der Waals surface area contributed by atoms with Gasteiger partial charge in [-0.1, -0.05) is 0 Å². The van der Waals surface area contributed by atoms with Gasteiger partial charge in [0.2, 0.25) is 0 Å². The van der Waals surface area contributed by atoms with E-state index in [0.717, 1.165) is 12.3 Å². The van der Waals surface area contributed by atoms with Gasteiger partial charge < -0.3 is 0 Å². The van der Waals surface area contributed by atoms with Crippen LogP contribution < -0.4 is 0 Å². The molecule has 0 bridgehead atoms. The van der Waals surface area contributed by atoms with E-state index in [4.69, 9.17) is 18.2 Å². The molecule has 0 aromatic heterocycles. The standard InChI is InChI=1S/C7H12NPS2/c1-4-7(6-10)5-8(2)9(3)11/h1,7H,5-6H2,2-3H3/p+1. The Bertz CT molecular complexity index is 176. The molecule has 0 fully saturated rings. The Balaban J connectivity index is 3.83. The van der Waals surface area contributed by atoms with Crippen molar-refractivity contribution in [2.75, 3.05) is 26.0 Å². The molecule has 0 saturated heterocycles. The van der Waals surface area contributed by atoms with Crippen LogP contribution in [0.3, 0.4) is 0 Å². The summed E-state index contributed by atoms with van der Waals surface area (Å²) in [7, 11) is 2.01. The lowest BCUT2D eigenvalue weighted by atomic mass is 10.2. The van der Waals surface area contributed by atoms with Crippen molar-refractivity contribution in [2.45, 2.75) is 0 Å². The van der Waals surface area contributed by atoms with E-state index in [-0.39, 0.29) is 5.92 Å². The maximum atomic E-state index is 5.28. The summed E-state index contributed by atoms with van der Waals surface area (Å²) in [6.07, 6.45) is 5.28. The van der Waals surface area contributed by atoms with Crippen molar-refractivity contribution in [3.63, 3.8) is 0 Å². The smallest absolute Gasteiger partial charge is 0.178 e. The van der Waals surface area contributed by atoms with Crippen LogP contribution >= 0.6 is 19.5 Å². The van der Waals surface area contributed by atoms with Crippen molar-refractivity contribution in [1.82, 2.24) is 4.67 Å². The summed E-state index contributed by atoms with van der Waals surface area (Å²) in [5.41, 5.74) is 0. The van der Waals surface area contributed by atoms with E-state index in [2.05, 4.69) is 23.2 Å². The van der Waals surface area contributed by atoms with Gasteiger partial charge in [-0.25, -0.2) is 0 Å². The van der Waals surface area contributed by atoms with Crippen molar-refractivity contribution < 1.29 is 0 Å². The summed E-state index contributed by atoms with van der Waals surface area (Å²) < 4.78 is 2.12. The van der Waals surface area contributed by atoms with Crippen molar-refractivity contribution in [2.24, 2.45) is 5.92 Å². The van der Waals surface area contributed by atoms with E-state index in [1.165, 1.54) is 0 Å². The van der Waals surface area contributed by atoms with Gasteiger partial charge in [-0.15, -0.1) is 17.0 Å². The normalized spacial score (nSPS) is 14.3. The highest BCUT2D eigenvalue weighted by Crippen LogP contribution is 2.20. The van der Waals surface area contributed by atoms with Crippen molar-refractivity contribution >= 4 is 31.3 Å². The molecule has 0 aliphatic rings. The molecule has 0 aromatic carbocycles. The predicted octanol–water partition coefficient (Wildman–Crippen LogP) is 1.59. The van der Waals surface area contributed by atoms with E-state index >= 15 is 0 Å². The fourth-order valence-electron chi connectivity index (χ4n) is 0.597. The molecule has 2 unspecified atom stereocenters. The topological polar surface area (TPSA) is 3.24 Å². The Hall–Kier alpha value is 0.390. The number of rotatable bonds is 4. The minimum Gasteiger partial charge on any atom is -0.178 e. The molecule has 11 heavy (non-hydrogen) atoms. The Kier molecular flexibility index (Phi) is 6.18. The number of hydrogen-bond acceptors (Lipinski definition) is 2. The number of nitrogens with zero attached hydrogens (tertiary/aromatic N) is 1. The first-order chi connectivity index (χ1) is 5.11. The van der Waals surface area contributed by atoms with E-state index in [9.17, 15) is 0 Å². The van der Waals surface area contributed by atoms with Crippen LogP contribution in [0.5, 0.6) is 0 Å². The SMILES string of the molecule is C#CC(CS)CN(C)[P+](C)=S. The molecule has 0 heterocycles. The van der Waals surface area contributed by atoms with Crippen LogP contribution in [0.1, 0.15) is 0 Å². The minimum absolute atomic E-state index is 0.233. The summed E-state index contributed by atoms with van der Waals surface area (Å²) in [6, 6.07) is 0. The monoisotopic (exact) mass is 206 g/mol. The van der Waals surface area contributed by atoms with Crippen LogP contribution in [0.25, 0.3) is 0 Å². The minimum atomic E-state index is -0.418. The Morgan fingerprint density at radius 3 is 2.64 bits per heavy atom. The molecule has 4 heteroatoms. The number of hydrogen-bond donors (Lipinski definition) is 1. The zero-order valence-electron chi connectivity index (χ0n) is 6.82. The third-order valence-electron chi connectivity index (χ3n) is 1.42. The quantitative estimate of drug-likeness (QED) is 0.423. The van der Waals surface area contributed by atoms with Crippen molar-refractivity contribution in [3.8, 4) is 12.3 Å². The number of thiol groups is 1. The molecule has 0 radical (unpaired) electrons. The fraction of sp³-hybridized carbons (Fsp3) is 0.714. The van der Waals surface area contributed by atoms with Crippen LogP contribution in [0.15, 0.2) is 0 Å². The molecular weight excluding hydrogens is 193 g/mol. The molecule has 62 valence electrons. The molecule has 0 aromatic rings. The van der Waals surface area contributed by atoms with Gasteiger partial charge in [0, 0.05) is 18.7 Å². The summed E-state index contributed by atoms with van der Waals surface area (Å²) in [6.45, 7) is 2.49. The van der Waals surface area contributed by atoms with E-state index < -0.39 is 6.85 Å². The largest absolute Gasteiger partial charge is 0.263 e. The first-order valence-electron chi connectivity index (χ1n) is 3.30. The Labute approximate surface area is 80.4 Å². The van der Waals surface area contributed by atoms with Crippen LogP contribution in [0, 0.1) is 18.3 Å². The molecule has 1 nitrogen and oxygen atoms in total. The Morgan fingerprint density at radius 2 is 2.36 bits per heavy atom. The van der Waals surface area contributed by atoms with Gasteiger partial charge >= 0.3 is 0 Å². The maximum Gasteiger partial charge on any atom is 0.263 e. The molecule has 0 rings (SSSR count). The second-order valence-corrected chi connectivity index (χ2v) is 5.91. The van der Waals surface area contributed by atoms with E-state index in [1.807, 2.05) is 13.7 Å². The molecule has 0 saturated carbocycles.